The molecule has 6 heteroatoms. The van der Waals surface area contributed by atoms with Crippen molar-refractivity contribution >= 4 is 34.4 Å². The number of carbonyl (C=O) groups is 2. The maximum Gasteiger partial charge on any atom is 0.329 e. The summed E-state index contributed by atoms with van der Waals surface area (Å²) in [6, 6.07) is 18.7. The number of carbonyl (C=O) groups excluding carboxylic acids is 2. The number of hydrogen-bond acceptors (Lipinski definition) is 4. The molecule has 3 aromatic rings. The fourth-order valence-electron chi connectivity index (χ4n) is 3.59. The molecule has 0 aliphatic carbocycles. The van der Waals surface area contributed by atoms with E-state index in [1.54, 1.807) is 23.1 Å². The highest BCUT2D eigenvalue weighted by molar-refractivity contribution is 7.99. The number of benzene rings is 3. The molecule has 0 saturated carbocycles. The van der Waals surface area contributed by atoms with Gasteiger partial charge in [0.25, 0.3) is 5.91 Å². The van der Waals surface area contributed by atoms with Gasteiger partial charge in [-0.25, -0.2) is 9.18 Å². The Labute approximate surface area is 179 Å². The smallest absolute Gasteiger partial charge is 0.329 e. The van der Waals surface area contributed by atoms with Gasteiger partial charge in [-0.3, -0.25) is 4.79 Å². The second kappa shape index (κ2) is 8.88. The van der Waals surface area contributed by atoms with Gasteiger partial charge < -0.3 is 9.64 Å². The van der Waals surface area contributed by atoms with Crippen LogP contribution in [-0.4, -0.2) is 35.2 Å². The summed E-state index contributed by atoms with van der Waals surface area (Å²) < 4.78 is 18.8. The Morgan fingerprint density at radius 2 is 1.80 bits per heavy atom. The van der Waals surface area contributed by atoms with Gasteiger partial charge in [-0.1, -0.05) is 49.4 Å². The summed E-state index contributed by atoms with van der Waals surface area (Å²) in [6.07, 6.45) is 0.714. The van der Waals surface area contributed by atoms with E-state index in [9.17, 15) is 14.0 Å². The quantitative estimate of drug-likeness (QED) is 0.530. The topological polar surface area (TPSA) is 46.6 Å². The van der Waals surface area contributed by atoms with Crippen LogP contribution in [0.25, 0.3) is 10.8 Å². The summed E-state index contributed by atoms with van der Waals surface area (Å²) in [6.45, 7) is 2.25. The highest BCUT2D eigenvalue weighted by Crippen LogP contribution is 2.42. The molecule has 0 aromatic heterocycles. The predicted octanol–water partition coefficient (Wildman–Crippen LogP) is 5.19. The molecule has 1 fully saturated rings. The zero-order chi connectivity index (χ0) is 21.1. The maximum absolute atomic E-state index is 13.6. The van der Waals surface area contributed by atoms with Gasteiger partial charge in [0.1, 0.15) is 17.2 Å². The molecule has 154 valence electrons. The Balaban J connectivity index is 1.70. The van der Waals surface area contributed by atoms with E-state index in [4.69, 9.17) is 4.74 Å². The fraction of sp³-hybridized carbons (Fsp3) is 0.250. The molecule has 0 spiro atoms. The minimum atomic E-state index is -0.685. The first kappa shape index (κ1) is 20.4. The molecule has 0 radical (unpaired) electrons. The van der Waals surface area contributed by atoms with E-state index in [2.05, 4.69) is 0 Å². The number of ether oxygens (including phenoxy) is 1. The molecule has 3 aromatic carbocycles. The van der Waals surface area contributed by atoms with Gasteiger partial charge in [-0.15, -0.1) is 11.8 Å². The van der Waals surface area contributed by atoms with E-state index in [0.717, 1.165) is 16.3 Å². The summed E-state index contributed by atoms with van der Waals surface area (Å²) in [5.41, 5.74) is 1.29. The summed E-state index contributed by atoms with van der Waals surface area (Å²) in [5.74, 6) is -0.543. The molecule has 0 bridgehead atoms. The first-order valence-corrected chi connectivity index (χ1v) is 11.0. The number of esters is 1. The van der Waals surface area contributed by atoms with Crippen LogP contribution in [0.15, 0.2) is 66.7 Å². The molecule has 1 saturated heterocycles. The van der Waals surface area contributed by atoms with Gasteiger partial charge in [0.2, 0.25) is 0 Å². The van der Waals surface area contributed by atoms with E-state index < -0.39 is 12.0 Å². The third-order valence-corrected chi connectivity index (χ3v) is 6.43. The van der Waals surface area contributed by atoms with Gasteiger partial charge >= 0.3 is 5.97 Å². The second-order valence-electron chi connectivity index (χ2n) is 7.19. The summed E-state index contributed by atoms with van der Waals surface area (Å²) in [5, 5.41) is 1.61. The van der Waals surface area contributed by atoms with Crippen molar-refractivity contribution in [3.8, 4) is 0 Å². The molecule has 1 aliphatic heterocycles. The molecule has 2 atom stereocenters. The summed E-state index contributed by atoms with van der Waals surface area (Å²) in [4.78, 5) is 27.8. The number of nitrogens with zero attached hydrogens (tertiary/aromatic N) is 1. The number of halogens is 1. The van der Waals surface area contributed by atoms with Crippen molar-refractivity contribution in [2.45, 2.75) is 24.8 Å². The number of hydrogen-bond donors (Lipinski definition) is 0. The van der Waals surface area contributed by atoms with E-state index in [0.29, 0.717) is 24.3 Å². The van der Waals surface area contributed by atoms with E-state index >= 15 is 0 Å². The highest BCUT2D eigenvalue weighted by atomic mass is 32.2. The van der Waals surface area contributed by atoms with Crippen LogP contribution in [0, 0.1) is 5.82 Å². The van der Waals surface area contributed by atoms with Crippen LogP contribution in [0.1, 0.15) is 34.6 Å². The summed E-state index contributed by atoms with van der Waals surface area (Å²) >= 11 is 1.49. The molecule has 1 aliphatic rings. The molecule has 30 heavy (non-hydrogen) atoms. The lowest BCUT2D eigenvalue weighted by atomic mass is 10.0. The largest absolute Gasteiger partial charge is 0.464 e. The van der Waals surface area contributed by atoms with Gasteiger partial charge in [0, 0.05) is 11.3 Å². The van der Waals surface area contributed by atoms with Crippen LogP contribution >= 0.6 is 11.8 Å². The van der Waals surface area contributed by atoms with Crippen LogP contribution in [0.4, 0.5) is 4.39 Å². The zero-order valence-electron chi connectivity index (χ0n) is 16.6. The number of rotatable bonds is 5. The van der Waals surface area contributed by atoms with Gasteiger partial charge in [-0.05, 0) is 47.0 Å². The molecule has 4 nitrogen and oxygen atoms in total. The van der Waals surface area contributed by atoms with Crippen LogP contribution in [0.3, 0.4) is 0 Å². The lowest BCUT2D eigenvalue weighted by molar-refractivity contribution is -0.148. The number of amides is 1. The Kier molecular flexibility index (Phi) is 6.04. The van der Waals surface area contributed by atoms with Crippen molar-refractivity contribution in [1.82, 2.24) is 4.90 Å². The Bertz CT molecular complexity index is 1070. The Hall–Kier alpha value is -2.86. The zero-order valence-corrected chi connectivity index (χ0v) is 17.4. The number of thioether (sulfide) groups is 1. The van der Waals surface area contributed by atoms with Gasteiger partial charge in [0.15, 0.2) is 0 Å². The van der Waals surface area contributed by atoms with Crippen LogP contribution in [0.5, 0.6) is 0 Å². The lowest BCUT2D eigenvalue weighted by Crippen LogP contribution is -2.44. The first-order valence-electron chi connectivity index (χ1n) is 9.93. The van der Waals surface area contributed by atoms with Crippen molar-refractivity contribution in [2.75, 3.05) is 12.4 Å². The molecule has 1 heterocycles. The lowest BCUT2D eigenvalue weighted by Gasteiger charge is -2.29. The predicted molar refractivity (Wildman–Crippen MR) is 117 cm³/mol. The average molecular weight is 424 g/mol. The van der Waals surface area contributed by atoms with Crippen molar-refractivity contribution in [1.29, 1.82) is 0 Å². The van der Waals surface area contributed by atoms with E-state index in [1.165, 1.54) is 23.9 Å². The van der Waals surface area contributed by atoms with Crippen LogP contribution in [0.2, 0.25) is 0 Å². The Morgan fingerprint density at radius 1 is 1.07 bits per heavy atom. The molecule has 0 N–H and O–H groups in total. The minimum Gasteiger partial charge on any atom is -0.464 e. The maximum atomic E-state index is 13.6. The van der Waals surface area contributed by atoms with E-state index in [1.807, 2.05) is 43.3 Å². The Morgan fingerprint density at radius 3 is 2.53 bits per heavy atom. The normalized spacial score (nSPS) is 18.5. The van der Waals surface area contributed by atoms with Crippen molar-refractivity contribution in [3.05, 3.63) is 83.7 Å². The third kappa shape index (κ3) is 4.05. The van der Waals surface area contributed by atoms with Crippen LogP contribution < -0.4 is 0 Å². The van der Waals surface area contributed by atoms with Crippen molar-refractivity contribution in [3.63, 3.8) is 0 Å². The average Bonchev–Trinajstić information content (AvgIpc) is 3.22. The summed E-state index contributed by atoms with van der Waals surface area (Å²) in [7, 11) is 0. The van der Waals surface area contributed by atoms with Gasteiger partial charge in [-0.2, -0.15) is 0 Å². The minimum absolute atomic E-state index is 0.237. The van der Waals surface area contributed by atoms with E-state index in [-0.39, 0.29) is 17.1 Å². The van der Waals surface area contributed by atoms with Crippen LogP contribution in [-0.2, 0) is 9.53 Å². The second-order valence-corrected chi connectivity index (χ2v) is 8.31. The van der Waals surface area contributed by atoms with Crippen molar-refractivity contribution in [2.24, 2.45) is 0 Å². The first-order chi connectivity index (χ1) is 14.6. The monoisotopic (exact) mass is 423 g/mol. The molecular formula is C24H22FNO3S. The van der Waals surface area contributed by atoms with Crippen molar-refractivity contribution < 1.29 is 18.7 Å². The third-order valence-electron chi connectivity index (χ3n) is 5.11. The standard InChI is InChI=1S/C24H22FNO3S/c1-2-13-29-24(28)21-15-30-23(17-9-11-20(25)12-10-17)26(21)22(27)19-8-7-16-5-3-4-6-18(16)14-19/h3-12,14,21,23H,2,13,15H2,1H3. The molecule has 1 amide bonds. The SMILES string of the molecule is CCCOC(=O)C1CSC(c2ccc(F)cc2)N1C(=O)c1ccc2ccccc2c1. The molecular weight excluding hydrogens is 401 g/mol. The number of fused-ring (bicyclic) bond motifs is 1. The molecule has 2 unspecified atom stereocenters. The molecule has 4 rings (SSSR count). The fourth-order valence-corrected chi connectivity index (χ4v) is 5.00. The van der Waals surface area contributed by atoms with Gasteiger partial charge in [0.05, 0.1) is 6.61 Å². The highest BCUT2D eigenvalue weighted by Gasteiger charge is 2.43.